The third-order valence-electron chi connectivity index (χ3n) is 2.49. The molecule has 0 aliphatic rings. The molecule has 0 saturated carbocycles. The zero-order chi connectivity index (χ0) is 14.5. The van der Waals surface area contributed by atoms with E-state index in [-0.39, 0.29) is 17.5 Å². The Morgan fingerprint density at radius 2 is 1.50 bits per heavy atom. The quantitative estimate of drug-likeness (QED) is 0.605. The van der Waals surface area contributed by atoms with Crippen LogP contribution in [0, 0.1) is 10.1 Å². The topological polar surface area (TPSA) is 61.6 Å². The van der Waals surface area contributed by atoms with Crippen molar-refractivity contribution in [3.8, 4) is 17.2 Å². The summed E-state index contributed by atoms with van der Waals surface area (Å²) in [7, 11) is 0. The molecule has 0 radical (unpaired) electrons. The van der Waals surface area contributed by atoms with Gasteiger partial charge in [-0.05, 0) is 32.0 Å². The fourth-order valence-electron chi connectivity index (χ4n) is 1.70. The molecule has 0 spiro atoms. The maximum Gasteiger partial charge on any atom is 0.311 e. The lowest BCUT2D eigenvalue weighted by atomic mass is 10.3. The molecule has 0 atom stereocenters. The van der Waals surface area contributed by atoms with E-state index in [0.29, 0.717) is 11.5 Å². The summed E-state index contributed by atoms with van der Waals surface area (Å²) in [4.78, 5) is 10.5. The number of hydrogen-bond acceptors (Lipinski definition) is 4. The van der Waals surface area contributed by atoms with Gasteiger partial charge in [0.05, 0.1) is 11.0 Å². The van der Waals surface area contributed by atoms with Crippen molar-refractivity contribution in [2.24, 2.45) is 0 Å². The zero-order valence-corrected chi connectivity index (χ0v) is 11.3. The molecule has 0 aliphatic carbocycles. The third-order valence-corrected chi connectivity index (χ3v) is 2.49. The minimum Gasteiger partial charge on any atom is -0.487 e. The monoisotopic (exact) mass is 273 g/mol. The van der Waals surface area contributed by atoms with Gasteiger partial charge in [0.15, 0.2) is 11.5 Å². The van der Waals surface area contributed by atoms with Gasteiger partial charge >= 0.3 is 5.69 Å². The van der Waals surface area contributed by atoms with Crippen LogP contribution < -0.4 is 9.47 Å². The normalized spacial score (nSPS) is 10.3. The van der Waals surface area contributed by atoms with E-state index < -0.39 is 4.92 Å². The molecule has 0 aromatic heterocycles. The molecule has 0 N–H and O–H groups in total. The molecular formula is C15H15NO4. The highest BCUT2D eigenvalue weighted by atomic mass is 16.6. The standard InChI is InChI=1S/C15H15NO4/c1-11(2)19-14-9-5-6-10-15(14)20-13-8-4-3-7-12(13)16(17)18/h3-11H,1-2H3. The van der Waals surface area contributed by atoms with E-state index >= 15 is 0 Å². The molecule has 0 unspecified atom stereocenters. The molecule has 104 valence electrons. The van der Waals surface area contributed by atoms with Crippen molar-refractivity contribution >= 4 is 5.69 Å². The Bertz CT molecular complexity index is 610. The molecule has 5 heteroatoms. The van der Waals surface area contributed by atoms with E-state index in [4.69, 9.17) is 9.47 Å². The second kappa shape index (κ2) is 6.06. The van der Waals surface area contributed by atoms with Crippen LogP contribution in [0.3, 0.4) is 0 Å². The third kappa shape index (κ3) is 3.26. The Kier molecular flexibility index (Phi) is 4.20. The second-order valence-electron chi connectivity index (χ2n) is 4.44. The first-order valence-electron chi connectivity index (χ1n) is 6.25. The summed E-state index contributed by atoms with van der Waals surface area (Å²) in [6.07, 6.45) is -0.00879. The molecular weight excluding hydrogens is 258 g/mol. The predicted octanol–water partition coefficient (Wildman–Crippen LogP) is 4.17. The molecule has 0 amide bonds. The van der Waals surface area contributed by atoms with Gasteiger partial charge in [-0.1, -0.05) is 24.3 Å². The summed E-state index contributed by atoms with van der Waals surface area (Å²) in [5, 5.41) is 11.0. The number of nitro benzene ring substituents is 1. The van der Waals surface area contributed by atoms with Gasteiger partial charge in [0.1, 0.15) is 0 Å². The van der Waals surface area contributed by atoms with Crippen molar-refractivity contribution in [1.29, 1.82) is 0 Å². The first-order valence-corrected chi connectivity index (χ1v) is 6.25. The van der Waals surface area contributed by atoms with Crippen LogP contribution in [0.5, 0.6) is 17.2 Å². The van der Waals surface area contributed by atoms with Crippen LogP contribution in [0.2, 0.25) is 0 Å². The van der Waals surface area contributed by atoms with Gasteiger partial charge in [-0.2, -0.15) is 0 Å². The number of para-hydroxylation sites is 4. The molecule has 2 rings (SSSR count). The van der Waals surface area contributed by atoms with Crippen LogP contribution in [0.4, 0.5) is 5.69 Å². The molecule has 20 heavy (non-hydrogen) atoms. The van der Waals surface area contributed by atoms with E-state index in [1.165, 1.54) is 6.07 Å². The summed E-state index contributed by atoms with van der Waals surface area (Å²) in [5.41, 5.74) is -0.0770. The Hall–Kier alpha value is -2.56. The number of hydrogen-bond donors (Lipinski definition) is 0. The van der Waals surface area contributed by atoms with Crippen LogP contribution in [0.15, 0.2) is 48.5 Å². The van der Waals surface area contributed by atoms with E-state index in [2.05, 4.69) is 0 Å². The molecule has 5 nitrogen and oxygen atoms in total. The van der Waals surface area contributed by atoms with Crippen LogP contribution in [-0.2, 0) is 0 Å². The fraction of sp³-hybridized carbons (Fsp3) is 0.200. The van der Waals surface area contributed by atoms with Gasteiger partial charge in [0.2, 0.25) is 5.75 Å². The summed E-state index contributed by atoms with van der Waals surface area (Å²) in [6, 6.07) is 13.3. The second-order valence-corrected chi connectivity index (χ2v) is 4.44. The smallest absolute Gasteiger partial charge is 0.311 e. The lowest BCUT2D eigenvalue weighted by Gasteiger charge is -2.14. The number of ether oxygens (including phenoxy) is 2. The van der Waals surface area contributed by atoms with Gasteiger partial charge in [0.25, 0.3) is 0 Å². The van der Waals surface area contributed by atoms with Gasteiger partial charge in [0, 0.05) is 6.07 Å². The van der Waals surface area contributed by atoms with Gasteiger partial charge in [-0.15, -0.1) is 0 Å². The predicted molar refractivity (Wildman–Crippen MR) is 75.4 cm³/mol. The average molecular weight is 273 g/mol. The molecule has 0 bridgehead atoms. The van der Waals surface area contributed by atoms with Crippen LogP contribution >= 0.6 is 0 Å². The zero-order valence-electron chi connectivity index (χ0n) is 11.3. The molecule has 0 fully saturated rings. The fourth-order valence-corrected chi connectivity index (χ4v) is 1.70. The van der Waals surface area contributed by atoms with Gasteiger partial charge < -0.3 is 9.47 Å². The summed E-state index contributed by atoms with van der Waals surface area (Å²) >= 11 is 0. The van der Waals surface area contributed by atoms with Crippen molar-refractivity contribution < 1.29 is 14.4 Å². The van der Waals surface area contributed by atoms with Gasteiger partial charge in [-0.25, -0.2) is 0 Å². The van der Waals surface area contributed by atoms with Crippen molar-refractivity contribution in [3.63, 3.8) is 0 Å². The van der Waals surface area contributed by atoms with E-state index in [1.807, 2.05) is 19.9 Å². The number of rotatable bonds is 5. The van der Waals surface area contributed by atoms with Crippen molar-refractivity contribution in [2.45, 2.75) is 20.0 Å². The summed E-state index contributed by atoms with van der Waals surface area (Å²) < 4.78 is 11.3. The minimum absolute atomic E-state index is 0.00879. The Labute approximate surface area is 116 Å². The Morgan fingerprint density at radius 3 is 2.10 bits per heavy atom. The van der Waals surface area contributed by atoms with Crippen LogP contribution in [0.25, 0.3) is 0 Å². The SMILES string of the molecule is CC(C)Oc1ccccc1Oc1ccccc1[N+](=O)[O-]. The number of benzene rings is 2. The highest BCUT2D eigenvalue weighted by Gasteiger charge is 2.16. The minimum atomic E-state index is -0.471. The van der Waals surface area contributed by atoms with Crippen molar-refractivity contribution in [3.05, 3.63) is 58.6 Å². The molecule has 2 aromatic rings. The largest absolute Gasteiger partial charge is 0.487 e. The highest BCUT2D eigenvalue weighted by molar-refractivity contribution is 5.50. The first-order chi connectivity index (χ1) is 9.58. The van der Waals surface area contributed by atoms with E-state index in [1.54, 1.807) is 36.4 Å². The Balaban J connectivity index is 2.33. The van der Waals surface area contributed by atoms with Crippen LogP contribution in [0.1, 0.15) is 13.8 Å². The van der Waals surface area contributed by atoms with Gasteiger partial charge in [-0.3, -0.25) is 10.1 Å². The molecule has 2 aromatic carbocycles. The lowest BCUT2D eigenvalue weighted by Crippen LogP contribution is -2.06. The van der Waals surface area contributed by atoms with Crippen molar-refractivity contribution in [2.75, 3.05) is 0 Å². The maximum atomic E-state index is 11.0. The molecule has 0 saturated heterocycles. The van der Waals surface area contributed by atoms with E-state index in [9.17, 15) is 10.1 Å². The highest BCUT2D eigenvalue weighted by Crippen LogP contribution is 2.36. The molecule has 0 aliphatic heterocycles. The van der Waals surface area contributed by atoms with Crippen molar-refractivity contribution in [1.82, 2.24) is 0 Å². The first kappa shape index (κ1) is 13.9. The average Bonchev–Trinajstić information content (AvgIpc) is 2.41. The number of nitrogens with zero attached hydrogens (tertiary/aromatic N) is 1. The van der Waals surface area contributed by atoms with E-state index in [0.717, 1.165) is 0 Å². The Morgan fingerprint density at radius 1 is 0.950 bits per heavy atom. The lowest BCUT2D eigenvalue weighted by molar-refractivity contribution is -0.385. The summed E-state index contributed by atoms with van der Waals surface area (Å²) in [6.45, 7) is 3.81. The maximum absolute atomic E-state index is 11.0. The summed E-state index contributed by atoms with van der Waals surface area (Å²) in [5.74, 6) is 1.20. The van der Waals surface area contributed by atoms with Crippen LogP contribution in [-0.4, -0.2) is 11.0 Å². The number of nitro groups is 1. The molecule has 0 heterocycles.